The van der Waals surface area contributed by atoms with Crippen molar-refractivity contribution in [3.05, 3.63) is 64.2 Å². The van der Waals surface area contributed by atoms with Crippen molar-refractivity contribution in [2.75, 3.05) is 7.11 Å². The van der Waals surface area contributed by atoms with E-state index < -0.39 is 16.8 Å². The number of carbonyl (C=O) groups is 1. The summed E-state index contributed by atoms with van der Waals surface area (Å²) in [6.45, 7) is 1.56. The molecule has 1 atom stereocenters. The Kier molecular flexibility index (Phi) is 4.73. The van der Waals surface area contributed by atoms with Crippen LogP contribution in [-0.2, 0) is 0 Å². The van der Waals surface area contributed by atoms with E-state index in [1.165, 1.54) is 25.3 Å². The SMILES string of the molecule is COc1ccc(C(=O)C(C)Oc2ccccc2)c([N+](=O)[O-])c1. The molecule has 0 heterocycles. The maximum absolute atomic E-state index is 12.4. The number of Topliss-reactive ketones (excluding diaryl/α,β-unsaturated/α-hetero) is 1. The van der Waals surface area contributed by atoms with Crippen molar-refractivity contribution in [3.8, 4) is 11.5 Å². The van der Waals surface area contributed by atoms with Gasteiger partial charge in [-0.15, -0.1) is 0 Å². The first-order valence-electron chi connectivity index (χ1n) is 6.61. The van der Waals surface area contributed by atoms with Gasteiger partial charge in [0.15, 0.2) is 6.10 Å². The molecule has 0 N–H and O–H groups in total. The molecule has 22 heavy (non-hydrogen) atoms. The number of benzene rings is 2. The van der Waals surface area contributed by atoms with Crippen molar-refractivity contribution in [3.63, 3.8) is 0 Å². The molecule has 0 radical (unpaired) electrons. The number of nitro benzene ring substituents is 1. The Bertz CT molecular complexity index is 684. The number of hydrogen-bond donors (Lipinski definition) is 0. The van der Waals surface area contributed by atoms with Crippen LogP contribution in [0.3, 0.4) is 0 Å². The smallest absolute Gasteiger partial charge is 0.284 e. The van der Waals surface area contributed by atoms with Crippen LogP contribution in [0.5, 0.6) is 11.5 Å². The molecule has 0 aliphatic rings. The second kappa shape index (κ2) is 6.71. The molecule has 2 aromatic carbocycles. The number of ketones is 1. The summed E-state index contributed by atoms with van der Waals surface area (Å²) in [5, 5.41) is 11.1. The minimum Gasteiger partial charge on any atom is -0.497 e. The normalized spacial score (nSPS) is 11.5. The molecule has 0 spiro atoms. The van der Waals surface area contributed by atoms with Crippen molar-refractivity contribution >= 4 is 11.5 Å². The Morgan fingerprint density at radius 1 is 1.14 bits per heavy atom. The Balaban J connectivity index is 2.26. The summed E-state index contributed by atoms with van der Waals surface area (Å²) >= 11 is 0. The lowest BCUT2D eigenvalue weighted by atomic mass is 10.0. The van der Waals surface area contributed by atoms with Gasteiger partial charge < -0.3 is 9.47 Å². The fourth-order valence-corrected chi connectivity index (χ4v) is 1.97. The van der Waals surface area contributed by atoms with Gasteiger partial charge in [0, 0.05) is 0 Å². The topological polar surface area (TPSA) is 78.7 Å². The van der Waals surface area contributed by atoms with Gasteiger partial charge in [-0.1, -0.05) is 18.2 Å². The molecule has 114 valence electrons. The van der Waals surface area contributed by atoms with Crippen LogP contribution in [0.2, 0.25) is 0 Å². The van der Waals surface area contributed by atoms with E-state index in [0.717, 1.165) is 0 Å². The van der Waals surface area contributed by atoms with Gasteiger partial charge >= 0.3 is 0 Å². The van der Waals surface area contributed by atoms with Crippen LogP contribution in [0, 0.1) is 10.1 Å². The minimum absolute atomic E-state index is 0.00534. The number of para-hydroxylation sites is 1. The third kappa shape index (κ3) is 3.41. The highest BCUT2D eigenvalue weighted by Gasteiger charge is 2.26. The van der Waals surface area contributed by atoms with Crippen molar-refractivity contribution in [1.82, 2.24) is 0 Å². The molecule has 0 aliphatic heterocycles. The summed E-state index contributed by atoms with van der Waals surface area (Å²) in [6.07, 6.45) is -0.838. The molecule has 2 aromatic rings. The Hall–Kier alpha value is -2.89. The van der Waals surface area contributed by atoms with Crippen LogP contribution >= 0.6 is 0 Å². The third-order valence-corrected chi connectivity index (χ3v) is 3.09. The second-order valence-corrected chi connectivity index (χ2v) is 4.58. The van der Waals surface area contributed by atoms with Gasteiger partial charge in [0.05, 0.1) is 23.7 Å². The molecule has 0 bridgehead atoms. The van der Waals surface area contributed by atoms with E-state index in [4.69, 9.17) is 9.47 Å². The summed E-state index contributed by atoms with van der Waals surface area (Å²) in [5.74, 6) is 0.387. The van der Waals surface area contributed by atoms with Crippen LogP contribution in [0.25, 0.3) is 0 Å². The van der Waals surface area contributed by atoms with Gasteiger partial charge in [0.25, 0.3) is 5.69 Å². The van der Waals surface area contributed by atoms with Crippen LogP contribution in [0.1, 0.15) is 17.3 Å². The molecule has 0 saturated carbocycles. The first kappa shape index (κ1) is 15.5. The van der Waals surface area contributed by atoms with E-state index in [9.17, 15) is 14.9 Å². The molecular formula is C16H15NO5. The standard InChI is InChI=1S/C16H15NO5/c1-11(22-12-6-4-3-5-7-12)16(18)14-9-8-13(21-2)10-15(14)17(19)20/h3-11H,1-2H3. The van der Waals surface area contributed by atoms with Crippen LogP contribution in [-0.4, -0.2) is 23.9 Å². The summed E-state index contributed by atoms with van der Waals surface area (Å²) in [4.78, 5) is 22.9. The average Bonchev–Trinajstić information content (AvgIpc) is 2.54. The predicted octanol–water partition coefficient (Wildman–Crippen LogP) is 3.25. The Morgan fingerprint density at radius 2 is 1.82 bits per heavy atom. The molecule has 6 heteroatoms. The fraction of sp³-hybridized carbons (Fsp3) is 0.188. The molecule has 0 amide bonds. The number of rotatable bonds is 6. The molecule has 1 unspecified atom stereocenters. The van der Waals surface area contributed by atoms with E-state index in [2.05, 4.69) is 0 Å². The van der Waals surface area contributed by atoms with E-state index >= 15 is 0 Å². The highest BCUT2D eigenvalue weighted by atomic mass is 16.6. The quantitative estimate of drug-likeness (QED) is 0.465. The first-order valence-corrected chi connectivity index (χ1v) is 6.61. The zero-order valence-electron chi connectivity index (χ0n) is 12.2. The number of nitro groups is 1. The summed E-state index contributed by atoms with van der Waals surface area (Å²) in [5.41, 5.74) is -0.304. The van der Waals surface area contributed by atoms with E-state index in [0.29, 0.717) is 11.5 Å². The largest absolute Gasteiger partial charge is 0.497 e. The van der Waals surface area contributed by atoms with Crippen molar-refractivity contribution in [1.29, 1.82) is 0 Å². The zero-order valence-corrected chi connectivity index (χ0v) is 12.2. The van der Waals surface area contributed by atoms with Gasteiger partial charge in [-0.05, 0) is 31.2 Å². The average molecular weight is 301 g/mol. The van der Waals surface area contributed by atoms with Gasteiger partial charge in [-0.3, -0.25) is 14.9 Å². The zero-order chi connectivity index (χ0) is 16.1. The summed E-state index contributed by atoms with van der Waals surface area (Å²) in [6, 6.07) is 12.9. The third-order valence-electron chi connectivity index (χ3n) is 3.09. The predicted molar refractivity (Wildman–Crippen MR) is 80.5 cm³/mol. The number of carbonyl (C=O) groups excluding carboxylic acids is 1. The van der Waals surface area contributed by atoms with E-state index in [1.807, 2.05) is 6.07 Å². The Labute approximate surface area is 127 Å². The molecule has 2 rings (SSSR count). The summed E-state index contributed by atoms with van der Waals surface area (Å²) < 4.78 is 10.5. The minimum atomic E-state index is -0.838. The van der Waals surface area contributed by atoms with Crippen molar-refractivity contribution in [2.45, 2.75) is 13.0 Å². The lowest BCUT2D eigenvalue weighted by Gasteiger charge is -2.14. The highest BCUT2D eigenvalue weighted by molar-refractivity contribution is 6.03. The van der Waals surface area contributed by atoms with Gasteiger partial charge in [0.1, 0.15) is 11.5 Å². The van der Waals surface area contributed by atoms with E-state index in [1.54, 1.807) is 31.2 Å². The monoisotopic (exact) mass is 301 g/mol. The molecule has 0 fully saturated rings. The molecule has 0 aliphatic carbocycles. The van der Waals surface area contributed by atoms with Crippen LogP contribution in [0.15, 0.2) is 48.5 Å². The number of nitrogens with zero attached hydrogens (tertiary/aromatic N) is 1. The van der Waals surface area contributed by atoms with Crippen LogP contribution in [0.4, 0.5) is 5.69 Å². The lowest BCUT2D eigenvalue weighted by Crippen LogP contribution is -2.24. The molecular weight excluding hydrogens is 286 g/mol. The summed E-state index contributed by atoms with van der Waals surface area (Å²) in [7, 11) is 1.40. The van der Waals surface area contributed by atoms with Gasteiger partial charge in [-0.2, -0.15) is 0 Å². The maximum Gasteiger partial charge on any atom is 0.284 e. The lowest BCUT2D eigenvalue weighted by molar-refractivity contribution is -0.385. The Morgan fingerprint density at radius 3 is 2.41 bits per heavy atom. The fourth-order valence-electron chi connectivity index (χ4n) is 1.97. The second-order valence-electron chi connectivity index (χ2n) is 4.58. The molecule has 0 saturated heterocycles. The number of ether oxygens (including phenoxy) is 2. The first-order chi connectivity index (χ1) is 10.5. The van der Waals surface area contributed by atoms with Crippen molar-refractivity contribution < 1.29 is 19.2 Å². The molecule has 0 aromatic heterocycles. The number of methoxy groups -OCH3 is 1. The highest BCUT2D eigenvalue weighted by Crippen LogP contribution is 2.26. The van der Waals surface area contributed by atoms with Crippen LogP contribution < -0.4 is 9.47 Å². The van der Waals surface area contributed by atoms with E-state index in [-0.39, 0.29) is 11.3 Å². The van der Waals surface area contributed by atoms with Crippen molar-refractivity contribution in [2.24, 2.45) is 0 Å². The maximum atomic E-state index is 12.4. The van der Waals surface area contributed by atoms with Gasteiger partial charge in [0.2, 0.25) is 5.78 Å². The molecule has 6 nitrogen and oxygen atoms in total. The van der Waals surface area contributed by atoms with Gasteiger partial charge in [-0.25, -0.2) is 0 Å². The number of hydrogen-bond acceptors (Lipinski definition) is 5.